The maximum absolute atomic E-state index is 12.1. The molecule has 1 aliphatic rings. The third-order valence-electron chi connectivity index (χ3n) is 3.53. The van der Waals surface area contributed by atoms with E-state index in [1.54, 1.807) is 5.01 Å². The molecule has 0 aromatic heterocycles. The third-order valence-corrected chi connectivity index (χ3v) is 3.53. The Bertz CT molecular complexity index is 452. The Morgan fingerprint density at radius 3 is 2.50 bits per heavy atom. The molecule has 1 heterocycles. The number of carbonyl (C=O) groups excluding carboxylic acids is 3. The zero-order valence-electron chi connectivity index (χ0n) is 12.9. The molecule has 22 heavy (non-hydrogen) atoms. The summed E-state index contributed by atoms with van der Waals surface area (Å²) in [5, 5.41) is 12.9. The van der Waals surface area contributed by atoms with Crippen LogP contribution in [0.25, 0.3) is 0 Å². The molecule has 0 radical (unpaired) electrons. The van der Waals surface area contributed by atoms with Crippen molar-refractivity contribution in [3.63, 3.8) is 0 Å². The van der Waals surface area contributed by atoms with Crippen LogP contribution in [-0.2, 0) is 19.2 Å². The lowest BCUT2D eigenvalue weighted by atomic mass is 10.1. The number of carbonyl (C=O) groups is 4. The summed E-state index contributed by atoms with van der Waals surface area (Å²) < 4.78 is 0. The molecule has 1 amide bonds. The van der Waals surface area contributed by atoms with Gasteiger partial charge in [0.15, 0.2) is 0 Å². The van der Waals surface area contributed by atoms with E-state index in [2.05, 4.69) is 10.7 Å². The van der Waals surface area contributed by atoms with E-state index in [1.807, 2.05) is 0 Å². The van der Waals surface area contributed by atoms with Gasteiger partial charge in [0, 0.05) is 13.0 Å². The van der Waals surface area contributed by atoms with Crippen molar-refractivity contribution in [2.24, 2.45) is 0 Å². The highest BCUT2D eigenvalue weighted by atomic mass is 16.4. The van der Waals surface area contributed by atoms with Gasteiger partial charge in [-0.25, -0.2) is 10.4 Å². The number of amides is 1. The van der Waals surface area contributed by atoms with Crippen molar-refractivity contribution < 1.29 is 24.3 Å². The average Bonchev–Trinajstić information content (AvgIpc) is 2.88. The first-order chi connectivity index (χ1) is 10.3. The molecule has 1 saturated heterocycles. The average molecular weight is 313 g/mol. The molecular formula is C14H23N3O5. The Hall–Kier alpha value is -1.80. The van der Waals surface area contributed by atoms with Gasteiger partial charge in [0.05, 0.1) is 12.6 Å². The Kier molecular flexibility index (Phi) is 7.13. The summed E-state index contributed by atoms with van der Waals surface area (Å²) in [6.45, 7) is 3.36. The number of carboxylic acids is 1. The van der Waals surface area contributed by atoms with Crippen LogP contribution in [0.2, 0.25) is 0 Å². The van der Waals surface area contributed by atoms with Crippen LogP contribution in [-0.4, -0.2) is 58.7 Å². The van der Waals surface area contributed by atoms with Crippen molar-refractivity contribution in [2.75, 3.05) is 13.1 Å². The number of rotatable bonds is 9. The lowest BCUT2D eigenvalue weighted by Crippen LogP contribution is -2.54. The molecule has 0 aromatic carbocycles. The van der Waals surface area contributed by atoms with Crippen molar-refractivity contribution >= 4 is 23.4 Å². The smallest absolute Gasteiger partial charge is 0.303 e. The second kappa shape index (κ2) is 8.60. The number of aliphatic carboxylic acids is 1. The normalized spacial score (nSPS) is 19.6. The molecule has 8 nitrogen and oxygen atoms in total. The van der Waals surface area contributed by atoms with Crippen LogP contribution in [0.5, 0.6) is 0 Å². The molecule has 0 saturated carbocycles. The molecule has 1 aliphatic heterocycles. The van der Waals surface area contributed by atoms with Gasteiger partial charge in [-0.1, -0.05) is 0 Å². The largest absolute Gasteiger partial charge is 0.481 e. The minimum Gasteiger partial charge on any atom is -0.481 e. The molecule has 0 bridgehead atoms. The van der Waals surface area contributed by atoms with Gasteiger partial charge in [-0.15, -0.1) is 0 Å². The number of nitrogens with one attached hydrogen (secondary N) is 2. The number of carboxylic acid groups (broad SMARTS) is 1. The molecule has 2 atom stereocenters. The van der Waals surface area contributed by atoms with Crippen LogP contribution in [0.4, 0.5) is 0 Å². The van der Waals surface area contributed by atoms with Crippen molar-refractivity contribution in [3.05, 3.63) is 0 Å². The molecule has 0 aliphatic carbocycles. The Morgan fingerprint density at radius 2 is 1.95 bits per heavy atom. The van der Waals surface area contributed by atoms with Crippen molar-refractivity contribution in [1.29, 1.82) is 0 Å². The predicted molar refractivity (Wildman–Crippen MR) is 77.9 cm³/mol. The summed E-state index contributed by atoms with van der Waals surface area (Å²) >= 11 is 0. The zero-order chi connectivity index (χ0) is 16.7. The molecule has 124 valence electrons. The fourth-order valence-corrected chi connectivity index (χ4v) is 2.35. The van der Waals surface area contributed by atoms with E-state index >= 15 is 0 Å². The van der Waals surface area contributed by atoms with Crippen molar-refractivity contribution in [3.8, 4) is 0 Å². The number of hydrogen-bond donors (Lipinski definition) is 3. The fraction of sp³-hybridized carbons (Fsp3) is 0.714. The second-order valence-corrected chi connectivity index (χ2v) is 5.50. The number of hydrogen-bond acceptors (Lipinski definition) is 6. The lowest BCUT2D eigenvalue weighted by Gasteiger charge is -2.28. The first-order valence-electron chi connectivity index (χ1n) is 7.33. The molecule has 0 spiro atoms. The quantitative estimate of drug-likeness (QED) is 0.524. The van der Waals surface area contributed by atoms with Gasteiger partial charge in [-0.2, -0.15) is 0 Å². The molecule has 8 heteroatoms. The van der Waals surface area contributed by atoms with Gasteiger partial charge in [0.25, 0.3) is 0 Å². The molecule has 1 rings (SSSR count). The maximum atomic E-state index is 12.1. The Morgan fingerprint density at radius 1 is 1.27 bits per heavy atom. The number of ketones is 2. The summed E-state index contributed by atoms with van der Waals surface area (Å²) in [4.78, 5) is 45.2. The summed E-state index contributed by atoms with van der Waals surface area (Å²) in [6, 6.07) is -1.08. The topological polar surface area (TPSA) is 116 Å². The van der Waals surface area contributed by atoms with E-state index in [-0.39, 0.29) is 36.9 Å². The van der Waals surface area contributed by atoms with E-state index in [0.29, 0.717) is 13.0 Å². The first kappa shape index (κ1) is 18.2. The minimum absolute atomic E-state index is 0.0156. The Labute approximate surface area is 129 Å². The summed E-state index contributed by atoms with van der Waals surface area (Å²) in [5.74, 6) is -1.53. The van der Waals surface area contributed by atoms with E-state index in [9.17, 15) is 19.2 Å². The molecule has 1 fully saturated rings. The zero-order valence-corrected chi connectivity index (χ0v) is 12.9. The summed E-state index contributed by atoms with van der Waals surface area (Å²) in [5.41, 5.74) is 2.96. The lowest BCUT2D eigenvalue weighted by molar-refractivity contribution is -0.137. The van der Waals surface area contributed by atoms with Crippen LogP contribution in [0.3, 0.4) is 0 Å². The van der Waals surface area contributed by atoms with Gasteiger partial charge in [0.1, 0.15) is 17.6 Å². The number of Topliss-reactive ketones (excluding diaryl/α,β-unsaturated/α-hetero) is 2. The van der Waals surface area contributed by atoms with Gasteiger partial charge in [0.2, 0.25) is 5.91 Å². The van der Waals surface area contributed by atoms with Crippen molar-refractivity contribution in [2.45, 2.75) is 51.6 Å². The van der Waals surface area contributed by atoms with E-state index < -0.39 is 18.1 Å². The molecule has 3 N–H and O–H groups in total. The molecular weight excluding hydrogens is 290 g/mol. The maximum Gasteiger partial charge on any atom is 0.303 e. The van der Waals surface area contributed by atoms with Crippen LogP contribution < -0.4 is 10.7 Å². The third kappa shape index (κ3) is 5.90. The Balaban J connectivity index is 2.60. The van der Waals surface area contributed by atoms with Crippen LogP contribution in [0, 0.1) is 0 Å². The molecule has 0 aromatic rings. The highest BCUT2D eigenvalue weighted by Gasteiger charge is 2.32. The summed E-state index contributed by atoms with van der Waals surface area (Å²) in [7, 11) is 0. The molecule has 0 unspecified atom stereocenters. The minimum atomic E-state index is -0.967. The van der Waals surface area contributed by atoms with E-state index in [1.165, 1.54) is 13.8 Å². The van der Waals surface area contributed by atoms with Crippen LogP contribution in [0.1, 0.15) is 39.5 Å². The van der Waals surface area contributed by atoms with Gasteiger partial charge < -0.3 is 10.4 Å². The highest BCUT2D eigenvalue weighted by Crippen LogP contribution is 2.16. The van der Waals surface area contributed by atoms with Gasteiger partial charge in [-0.3, -0.25) is 19.2 Å². The van der Waals surface area contributed by atoms with Gasteiger partial charge in [-0.05, 0) is 33.1 Å². The van der Waals surface area contributed by atoms with E-state index in [4.69, 9.17) is 5.11 Å². The van der Waals surface area contributed by atoms with Gasteiger partial charge >= 0.3 is 5.97 Å². The summed E-state index contributed by atoms with van der Waals surface area (Å²) in [6.07, 6.45) is 1.46. The monoisotopic (exact) mass is 313 g/mol. The number of hydrazine groups is 1. The number of nitrogens with zero attached hydrogens (tertiary/aromatic N) is 1. The highest BCUT2D eigenvalue weighted by molar-refractivity contribution is 5.87. The first-order valence-corrected chi connectivity index (χ1v) is 7.33. The van der Waals surface area contributed by atoms with Crippen LogP contribution >= 0.6 is 0 Å². The predicted octanol–water partition coefficient (Wildman–Crippen LogP) is -0.517. The fourth-order valence-electron chi connectivity index (χ4n) is 2.35. The van der Waals surface area contributed by atoms with E-state index in [0.717, 1.165) is 6.42 Å². The SMILES string of the molecule is CC(=O)CNC(=O)[C@@H]1CCCN1N[C@@H](CCC(=O)O)C(C)=O. The van der Waals surface area contributed by atoms with Crippen molar-refractivity contribution in [1.82, 2.24) is 15.8 Å². The second-order valence-electron chi connectivity index (χ2n) is 5.50. The van der Waals surface area contributed by atoms with Crippen LogP contribution in [0.15, 0.2) is 0 Å². The standard InChI is InChI=1S/C14H23N3O5/c1-9(18)8-15-14(22)12-4-3-7-17(12)16-11(10(2)19)5-6-13(20)21/h11-12,16H,3-8H2,1-2H3,(H,15,22)(H,20,21)/t11-,12-/m0/s1.